The van der Waals surface area contributed by atoms with E-state index in [0.29, 0.717) is 5.56 Å². The average Bonchev–Trinajstić information content (AvgIpc) is 2.83. The number of nitrogens with zero attached hydrogens (tertiary/aromatic N) is 2. The first-order valence-electron chi connectivity index (χ1n) is 7.31. The number of Topliss-reactive ketones (excluding diaryl/α,β-unsaturated/α-hetero) is 1. The average molecular weight is 449 g/mol. The van der Waals surface area contributed by atoms with Crippen LogP contribution in [0.3, 0.4) is 0 Å². The van der Waals surface area contributed by atoms with Gasteiger partial charge < -0.3 is 9.13 Å². The van der Waals surface area contributed by atoms with E-state index in [2.05, 4.69) is 31.9 Å². The Bertz CT molecular complexity index is 972. The minimum absolute atomic E-state index is 0.0267. The van der Waals surface area contributed by atoms with Crippen molar-refractivity contribution < 1.29 is 4.79 Å². The minimum Gasteiger partial charge on any atom is -0.314 e. The maximum atomic E-state index is 12.5. The molecule has 0 fully saturated rings. The first kappa shape index (κ1) is 16.9. The van der Waals surface area contributed by atoms with Crippen molar-refractivity contribution in [3.63, 3.8) is 0 Å². The summed E-state index contributed by atoms with van der Waals surface area (Å²) in [6.45, 7) is 0.136. The van der Waals surface area contributed by atoms with Gasteiger partial charge in [0.25, 0.3) is 0 Å². The van der Waals surface area contributed by atoms with Crippen LogP contribution >= 0.6 is 31.9 Å². The third-order valence-corrected chi connectivity index (χ3v) is 4.80. The molecule has 1 aromatic heterocycles. The van der Waals surface area contributed by atoms with Crippen molar-refractivity contribution in [2.45, 2.75) is 6.54 Å². The lowest BCUT2D eigenvalue weighted by Gasteiger charge is -2.03. The number of carbonyl (C=O) groups excluding carboxylic acids is 1. The number of ketones is 1. The Balaban J connectivity index is 1.94. The van der Waals surface area contributed by atoms with Crippen LogP contribution in [0.1, 0.15) is 10.4 Å². The van der Waals surface area contributed by atoms with Gasteiger partial charge in [-0.25, -0.2) is 0 Å². The molecular weight excluding hydrogens is 434 g/mol. The molecule has 0 spiro atoms. The summed E-state index contributed by atoms with van der Waals surface area (Å²) in [4.78, 5) is 12.5. The van der Waals surface area contributed by atoms with E-state index < -0.39 is 0 Å². The molecule has 0 unspecified atom stereocenters. The molecule has 122 valence electrons. The molecule has 24 heavy (non-hydrogen) atoms. The molecule has 0 saturated heterocycles. The Labute approximate surface area is 156 Å². The summed E-state index contributed by atoms with van der Waals surface area (Å²) in [6.07, 6.45) is 1.85. The van der Waals surface area contributed by atoms with Crippen LogP contribution in [0.4, 0.5) is 0 Å². The number of nitrogens with one attached hydrogen (secondary N) is 1. The van der Waals surface area contributed by atoms with Crippen molar-refractivity contribution in [1.82, 2.24) is 9.13 Å². The topological polar surface area (TPSA) is 50.8 Å². The number of hydrogen-bond acceptors (Lipinski definition) is 2. The lowest BCUT2D eigenvalue weighted by molar-refractivity contribution is 0.0970. The predicted molar refractivity (Wildman–Crippen MR) is 101 cm³/mol. The summed E-state index contributed by atoms with van der Waals surface area (Å²) in [7, 11) is 1.83. The first-order chi connectivity index (χ1) is 11.5. The summed E-state index contributed by atoms with van der Waals surface area (Å²) in [6, 6.07) is 15.2. The van der Waals surface area contributed by atoms with Crippen LogP contribution in [-0.4, -0.2) is 14.9 Å². The van der Waals surface area contributed by atoms with Crippen LogP contribution in [-0.2, 0) is 13.6 Å². The number of aromatic nitrogens is 2. The fourth-order valence-electron chi connectivity index (χ4n) is 2.55. The van der Waals surface area contributed by atoms with Crippen LogP contribution < -0.4 is 5.62 Å². The fourth-order valence-corrected chi connectivity index (χ4v) is 3.35. The number of carbonyl (C=O) groups is 1. The zero-order valence-electron chi connectivity index (χ0n) is 13.0. The second-order valence-electron chi connectivity index (χ2n) is 5.47. The van der Waals surface area contributed by atoms with Gasteiger partial charge in [0, 0.05) is 33.3 Å². The standard InChI is InChI=1S/C18H15Br2N3O/c1-22-16(12-4-2-6-14(19)8-12)10-23(18(22)21)11-17(24)13-5-3-7-15(20)9-13/h2-10,21H,11H2,1H3. The van der Waals surface area contributed by atoms with E-state index in [1.54, 1.807) is 21.3 Å². The number of hydrogen-bond donors (Lipinski definition) is 1. The van der Waals surface area contributed by atoms with Gasteiger partial charge in [0.05, 0.1) is 12.2 Å². The lowest BCUT2D eigenvalue weighted by atomic mass is 10.1. The highest BCUT2D eigenvalue weighted by Gasteiger charge is 2.12. The zero-order valence-corrected chi connectivity index (χ0v) is 16.1. The van der Waals surface area contributed by atoms with Gasteiger partial charge >= 0.3 is 0 Å². The predicted octanol–water partition coefficient (Wildman–Crippen LogP) is 4.38. The van der Waals surface area contributed by atoms with E-state index in [9.17, 15) is 4.79 Å². The van der Waals surface area contributed by atoms with Crippen molar-refractivity contribution in [3.05, 3.63) is 74.9 Å². The highest BCUT2D eigenvalue weighted by Crippen LogP contribution is 2.22. The molecule has 6 heteroatoms. The van der Waals surface area contributed by atoms with Gasteiger partial charge in [-0.05, 0) is 24.3 Å². The molecule has 3 aromatic rings. The normalized spacial score (nSPS) is 10.8. The van der Waals surface area contributed by atoms with E-state index in [1.165, 1.54) is 0 Å². The maximum Gasteiger partial charge on any atom is 0.202 e. The Morgan fingerprint density at radius 1 is 1.08 bits per heavy atom. The Morgan fingerprint density at radius 2 is 1.75 bits per heavy atom. The number of imidazole rings is 1. The van der Waals surface area contributed by atoms with Gasteiger partial charge in [-0.1, -0.05) is 56.1 Å². The molecule has 0 bridgehead atoms. The molecule has 0 saturated carbocycles. The smallest absolute Gasteiger partial charge is 0.202 e. The largest absolute Gasteiger partial charge is 0.314 e. The van der Waals surface area contributed by atoms with Crippen molar-refractivity contribution in [2.75, 3.05) is 0 Å². The number of halogens is 2. The van der Waals surface area contributed by atoms with Gasteiger partial charge in [0.15, 0.2) is 5.78 Å². The molecular formula is C18H15Br2N3O. The molecule has 0 amide bonds. The summed E-state index contributed by atoms with van der Waals surface area (Å²) in [5.74, 6) is -0.0267. The van der Waals surface area contributed by atoms with Crippen LogP contribution in [0.5, 0.6) is 0 Å². The van der Waals surface area contributed by atoms with Crippen LogP contribution in [0.25, 0.3) is 11.3 Å². The molecule has 4 nitrogen and oxygen atoms in total. The molecule has 0 aliphatic rings. The second kappa shape index (κ2) is 6.91. The summed E-state index contributed by atoms with van der Waals surface area (Å²) >= 11 is 6.84. The molecule has 3 rings (SSSR count). The first-order valence-corrected chi connectivity index (χ1v) is 8.90. The zero-order chi connectivity index (χ0) is 17.3. The molecule has 0 aliphatic carbocycles. The maximum absolute atomic E-state index is 12.5. The molecule has 0 aliphatic heterocycles. The Morgan fingerprint density at radius 3 is 2.42 bits per heavy atom. The SMILES string of the molecule is Cn1c(-c2cccc(Br)c2)cn(CC(=O)c2cccc(Br)c2)c1=N. The fraction of sp³-hybridized carbons (Fsp3) is 0.111. The van der Waals surface area contributed by atoms with Gasteiger partial charge in [-0.2, -0.15) is 0 Å². The molecule has 1 N–H and O–H groups in total. The summed E-state index contributed by atoms with van der Waals surface area (Å²) in [5.41, 5.74) is 2.80. The molecule has 1 heterocycles. The monoisotopic (exact) mass is 447 g/mol. The van der Waals surface area contributed by atoms with E-state index in [0.717, 1.165) is 20.2 Å². The van der Waals surface area contributed by atoms with Gasteiger partial charge in [0.2, 0.25) is 5.62 Å². The van der Waals surface area contributed by atoms with Crippen molar-refractivity contribution >= 4 is 37.6 Å². The summed E-state index contributed by atoms with van der Waals surface area (Å²) < 4.78 is 5.28. The highest BCUT2D eigenvalue weighted by atomic mass is 79.9. The number of benzene rings is 2. The third-order valence-electron chi connectivity index (χ3n) is 3.81. The third kappa shape index (κ3) is 3.44. The van der Waals surface area contributed by atoms with Crippen LogP contribution in [0, 0.1) is 5.41 Å². The molecule has 0 atom stereocenters. The van der Waals surface area contributed by atoms with E-state index in [4.69, 9.17) is 5.41 Å². The van der Waals surface area contributed by atoms with Gasteiger partial charge in [-0.3, -0.25) is 10.2 Å². The van der Waals surface area contributed by atoms with Crippen LogP contribution in [0.15, 0.2) is 63.7 Å². The minimum atomic E-state index is -0.0267. The van der Waals surface area contributed by atoms with E-state index >= 15 is 0 Å². The van der Waals surface area contributed by atoms with E-state index in [-0.39, 0.29) is 17.9 Å². The van der Waals surface area contributed by atoms with Crippen molar-refractivity contribution in [1.29, 1.82) is 5.41 Å². The summed E-state index contributed by atoms with van der Waals surface area (Å²) in [5, 5.41) is 8.27. The highest BCUT2D eigenvalue weighted by molar-refractivity contribution is 9.10. The quantitative estimate of drug-likeness (QED) is 0.591. The second-order valence-corrected chi connectivity index (χ2v) is 7.30. The van der Waals surface area contributed by atoms with Crippen molar-refractivity contribution in [2.24, 2.45) is 7.05 Å². The van der Waals surface area contributed by atoms with Crippen LogP contribution in [0.2, 0.25) is 0 Å². The van der Waals surface area contributed by atoms with E-state index in [1.807, 2.05) is 49.6 Å². The number of rotatable bonds is 4. The Hall–Kier alpha value is -1.92. The van der Waals surface area contributed by atoms with Crippen molar-refractivity contribution in [3.8, 4) is 11.3 Å². The molecule has 2 aromatic carbocycles. The molecule has 0 radical (unpaired) electrons. The lowest BCUT2D eigenvalue weighted by Crippen LogP contribution is -2.25. The van der Waals surface area contributed by atoms with Gasteiger partial charge in [0.1, 0.15) is 0 Å². The Kier molecular flexibility index (Phi) is 4.87. The van der Waals surface area contributed by atoms with Gasteiger partial charge in [-0.15, -0.1) is 0 Å².